The third-order valence-corrected chi connectivity index (χ3v) is 6.17. The molecule has 174 valence electrons. The third-order valence-electron chi connectivity index (χ3n) is 5.77. The molecule has 35 heavy (non-hydrogen) atoms. The third kappa shape index (κ3) is 4.91. The maximum absolute atomic E-state index is 12.6. The average molecular weight is 483 g/mol. The summed E-state index contributed by atoms with van der Waals surface area (Å²) < 4.78 is 11.8. The van der Waals surface area contributed by atoms with Crippen LogP contribution in [0.1, 0.15) is 22.5 Å². The molecule has 0 aliphatic carbocycles. The van der Waals surface area contributed by atoms with Crippen molar-refractivity contribution < 1.29 is 13.6 Å². The van der Waals surface area contributed by atoms with Gasteiger partial charge in [0.1, 0.15) is 17.0 Å². The molecular weight excluding hydrogens is 460 g/mol. The first-order valence-corrected chi connectivity index (χ1v) is 11.6. The van der Waals surface area contributed by atoms with Gasteiger partial charge in [-0.2, -0.15) is 0 Å². The number of furan rings is 1. The van der Waals surface area contributed by atoms with E-state index in [-0.39, 0.29) is 5.91 Å². The molecule has 0 saturated carbocycles. The summed E-state index contributed by atoms with van der Waals surface area (Å²) in [5, 5.41) is 3.61. The minimum atomic E-state index is -0.269. The number of anilines is 1. The minimum Gasteiger partial charge on any atom is -0.457 e. The normalized spacial score (nSPS) is 11.4. The summed E-state index contributed by atoms with van der Waals surface area (Å²) >= 11 is 6.22. The van der Waals surface area contributed by atoms with Crippen LogP contribution < -0.4 is 5.32 Å². The van der Waals surface area contributed by atoms with Crippen LogP contribution >= 0.6 is 11.6 Å². The fourth-order valence-electron chi connectivity index (χ4n) is 3.73. The molecule has 3 aromatic carbocycles. The predicted molar refractivity (Wildman–Crippen MR) is 140 cm³/mol. The highest BCUT2D eigenvalue weighted by molar-refractivity contribution is 6.31. The molecule has 1 amide bonds. The van der Waals surface area contributed by atoms with Crippen LogP contribution in [0, 0.1) is 20.8 Å². The Morgan fingerprint density at radius 2 is 1.69 bits per heavy atom. The first-order valence-electron chi connectivity index (χ1n) is 11.2. The Labute approximate surface area is 208 Å². The van der Waals surface area contributed by atoms with Gasteiger partial charge in [-0.25, -0.2) is 4.98 Å². The number of carbonyl (C=O) groups excluding carboxylic acids is 1. The average Bonchev–Trinajstić information content (AvgIpc) is 3.48. The van der Waals surface area contributed by atoms with E-state index in [0.717, 1.165) is 38.9 Å². The number of nitrogens with zero attached hydrogens (tertiary/aromatic N) is 1. The van der Waals surface area contributed by atoms with Crippen LogP contribution in [-0.2, 0) is 4.79 Å². The molecule has 0 unspecified atom stereocenters. The number of oxazole rings is 1. The van der Waals surface area contributed by atoms with Crippen LogP contribution in [0.2, 0.25) is 5.02 Å². The molecule has 0 atom stereocenters. The summed E-state index contributed by atoms with van der Waals surface area (Å²) in [4.78, 5) is 17.2. The number of aromatic nitrogens is 1. The van der Waals surface area contributed by atoms with Crippen LogP contribution in [0.25, 0.3) is 40.0 Å². The summed E-state index contributed by atoms with van der Waals surface area (Å²) in [7, 11) is 0. The summed E-state index contributed by atoms with van der Waals surface area (Å²) in [6, 6.07) is 21.0. The number of benzene rings is 3. The predicted octanol–water partition coefficient (Wildman–Crippen LogP) is 7.99. The Kier molecular flexibility index (Phi) is 6.01. The Balaban J connectivity index is 1.31. The van der Waals surface area contributed by atoms with E-state index in [2.05, 4.69) is 10.3 Å². The molecule has 5 aromatic rings. The number of rotatable bonds is 5. The summed E-state index contributed by atoms with van der Waals surface area (Å²) in [5.74, 6) is 1.49. The van der Waals surface area contributed by atoms with Crippen LogP contribution in [0.5, 0.6) is 0 Å². The number of amides is 1. The van der Waals surface area contributed by atoms with Crippen molar-refractivity contribution in [1.82, 2.24) is 4.98 Å². The van der Waals surface area contributed by atoms with E-state index in [1.54, 1.807) is 6.08 Å². The Hall–Kier alpha value is -4.09. The molecule has 0 aliphatic heterocycles. The van der Waals surface area contributed by atoms with Crippen molar-refractivity contribution in [3.8, 4) is 22.8 Å². The van der Waals surface area contributed by atoms with E-state index in [9.17, 15) is 4.79 Å². The zero-order valence-electron chi connectivity index (χ0n) is 19.6. The van der Waals surface area contributed by atoms with Crippen LogP contribution in [-0.4, -0.2) is 10.9 Å². The lowest BCUT2D eigenvalue weighted by Crippen LogP contribution is -2.09. The van der Waals surface area contributed by atoms with E-state index in [4.69, 9.17) is 20.4 Å². The van der Waals surface area contributed by atoms with Gasteiger partial charge in [-0.15, -0.1) is 0 Å². The van der Waals surface area contributed by atoms with Crippen LogP contribution in [0.15, 0.2) is 81.6 Å². The highest BCUT2D eigenvalue weighted by Gasteiger charge is 2.11. The van der Waals surface area contributed by atoms with Gasteiger partial charge in [0.2, 0.25) is 11.8 Å². The molecule has 2 heterocycles. The SMILES string of the molecule is Cc1ccc2oc(-c3ccc(C)c(NC(=O)/C=C/c4ccc(-c5ccc(C)c(Cl)c5)o4)c3)nc2c1. The largest absolute Gasteiger partial charge is 0.457 e. The maximum atomic E-state index is 12.6. The van der Waals surface area contributed by atoms with Crippen molar-refractivity contribution in [2.45, 2.75) is 20.8 Å². The molecule has 0 saturated heterocycles. The molecule has 0 bridgehead atoms. The molecule has 2 aromatic heterocycles. The quantitative estimate of drug-likeness (QED) is 0.258. The summed E-state index contributed by atoms with van der Waals surface area (Å²) in [5.41, 5.74) is 6.94. The topological polar surface area (TPSA) is 68.3 Å². The lowest BCUT2D eigenvalue weighted by Gasteiger charge is -2.07. The van der Waals surface area contributed by atoms with Gasteiger partial charge in [-0.1, -0.05) is 35.9 Å². The smallest absolute Gasteiger partial charge is 0.248 e. The number of aryl methyl sites for hydroxylation is 3. The first kappa shape index (κ1) is 22.7. The molecule has 0 radical (unpaired) electrons. The first-order chi connectivity index (χ1) is 16.9. The van der Waals surface area contributed by atoms with E-state index >= 15 is 0 Å². The lowest BCUT2D eigenvalue weighted by atomic mass is 10.1. The summed E-state index contributed by atoms with van der Waals surface area (Å²) in [6.45, 7) is 5.90. The van der Waals surface area contributed by atoms with Gasteiger partial charge >= 0.3 is 0 Å². The second-order valence-electron chi connectivity index (χ2n) is 8.51. The molecule has 5 rings (SSSR count). The van der Waals surface area contributed by atoms with Gasteiger partial charge < -0.3 is 14.2 Å². The lowest BCUT2D eigenvalue weighted by molar-refractivity contribution is -0.111. The van der Waals surface area contributed by atoms with Crippen molar-refractivity contribution in [2.24, 2.45) is 0 Å². The second-order valence-corrected chi connectivity index (χ2v) is 8.92. The number of nitrogens with one attached hydrogen (secondary N) is 1. The molecule has 5 nitrogen and oxygen atoms in total. The van der Waals surface area contributed by atoms with E-state index in [1.165, 1.54) is 6.08 Å². The van der Waals surface area contributed by atoms with E-state index in [1.807, 2.05) is 87.5 Å². The number of halogens is 1. The fourth-order valence-corrected chi connectivity index (χ4v) is 3.91. The second kappa shape index (κ2) is 9.28. The number of fused-ring (bicyclic) bond motifs is 1. The molecular formula is C29H23ClN2O3. The van der Waals surface area contributed by atoms with Gasteiger partial charge in [0.15, 0.2) is 5.58 Å². The van der Waals surface area contributed by atoms with E-state index < -0.39 is 0 Å². The Morgan fingerprint density at radius 3 is 2.51 bits per heavy atom. The molecule has 0 fully saturated rings. The van der Waals surface area contributed by atoms with E-state index in [0.29, 0.717) is 28.1 Å². The van der Waals surface area contributed by atoms with Crippen molar-refractivity contribution in [1.29, 1.82) is 0 Å². The van der Waals surface area contributed by atoms with Gasteiger partial charge in [0.05, 0.1) is 0 Å². The van der Waals surface area contributed by atoms with Gasteiger partial charge in [0.25, 0.3) is 0 Å². The highest BCUT2D eigenvalue weighted by Crippen LogP contribution is 2.29. The van der Waals surface area contributed by atoms with Crippen molar-refractivity contribution in [3.63, 3.8) is 0 Å². The standard InChI is InChI=1S/C29H23ClN2O3/c1-17-4-11-27-25(14-17)32-29(35-27)21-8-6-19(3)24(16-21)31-28(33)13-10-22-9-12-26(34-22)20-7-5-18(2)23(30)15-20/h4-16H,1-3H3,(H,31,33)/b13-10+. The Bertz CT molecular complexity index is 1590. The van der Waals surface area contributed by atoms with Gasteiger partial charge in [-0.3, -0.25) is 4.79 Å². The van der Waals surface area contributed by atoms with Crippen molar-refractivity contribution >= 4 is 40.4 Å². The zero-order chi connectivity index (χ0) is 24.5. The number of hydrogen-bond acceptors (Lipinski definition) is 4. The molecule has 6 heteroatoms. The fraction of sp³-hybridized carbons (Fsp3) is 0.103. The number of carbonyl (C=O) groups is 1. The number of hydrogen-bond donors (Lipinski definition) is 1. The molecule has 1 N–H and O–H groups in total. The van der Waals surface area contributed by atoms with Crippen LogP contribution in [0.4, 0.5) is 5.69 Å². The summed E-state index contributed by atoms with van der Waals surface area (Å²) in [6.07, 6.45) is 3.08. The highest BCUT2D eigenvalue weighted by atomic mass is 35.5. The maximum Gasteiger partial charge on any atom is 0.248 e. The molecule has 0 spiro atoms. The minimum absolute atomic E-state index is 0.269. The monoisotopic (exact) mass is 482 g/mol. The Morgan fingerprint density at radius 1 is 0.886 bits per heavy atom. The van der Waals surface area contributed by atoms with Crippen molar-refractivity contribution in [3.05, 3.63) is 100 Å². The van der Waals surface area contributed by atoms with Gasteiger partial charge in [-0.05, 0) is 86.0 Å². The molecule has 0 aliphatic rings. The zero-order valence-corrected chi connectivity index (χ0v) is 20.3. The van der Waals surface area contributed by atoms with Gasteiger partial charge in [0, 0.05) is 27.9 Å². The van der Waals surface area contributed by atoms with Crippen LogP contribution in [0.3, 0.4) is 0 Å². The van der Waals surface area contributed by atoms with Crippen molar-refractivity contribution in [2.75, 3.05) is 5.32 Å².